The van der Waals surface area contributed by atoms with E-state index < -0.39 is 7.26 Å². The van der Waals surface area contributed by atoms with Crippen molar-refractivity contribution in [1.29, 1.82) is 0 Å². The first-order valence-electron chi connectivity index (χ1n) is 15.3. The van der Waals surface area contributed by atoms with Crippen molar-refractivity contribution in [3.8, 4) is 0 Å². The summed E-state index contributed by atoms with van der Waals surface area (Å²) >= 11 is 0. The molecule has 0 fully saturated rings. The van der Waals surface area contributed by atoms with Crippen LogP contribution in [0.3, 0.4) is 0 Å². The summed E-state index contributed by atoms with van der Waals surface area (Å²) in [6.45, 7) is 9.71. The first-order chi connectivity index (χ1) is 20.7. The first kappa shape index (κ1) is 32.0. The molecule has 0 heterocycles. The number of nitrogens with two attached hydrogens (primary N) is 3. The standard InChI is InChI=1S/C37H47N5P/c1-5-36(4,29-23-25-30(26-24-29)37(6-2,7-3)27-41-35(40)42-34(38)39)28-43(31-17-11-8-12-18-31,32-19-13-9-14-20-32)33-21-15-10-16-22-33/h8-26H,5-7,27-28H2,1-4H3,(H6,38,39,40,41,42)/q+1/t36-/m0/s1. The Balaban J connectivity index is 1.81. The van der Waals surface area contributed by atoms with Crippen molar-refractivity contribution in [2.24, 2.45) is 27.2 Å². The van der Waals surface area contributed by atoms with Crippen molar-refractivity contribution in [3.05, 3.63) is 126 Å². The van der Waals surface area contributed by atoms with Gasteiger partial charge in [-0.25, -0.2) is 0 Å². The monoisotopic (exact) mass is 592 g/mol. The van der Waals surface area contributed by atoms with E-state index >= 15 is 0 Å². The summed E-state index contributed by atoms with van der Waals surface area (Å²) in [4.78, 5) is 8.46. The third-order valence-corrected chi connectivity index (χ3v) is 14.0. The van der Waals surface area contributed by atoms with Crippen LogP contribution in [0.1, 0.15) is 58.1 Å². The van der Waals surface area contributed by atoms with E-state index in [9.17, 15) is 0 Å². The fraction of sp³-hybridized carbons (Fsp3) is 0.297. The number of hydrogen-bond donors (Lipinski definition) is 3. The lowest BCUT2D eigenvalue weighted by Gasteiger charge is -2.37. The molecule has 0 aliphatic carbocycles. The van der Waals surface area contributed by atoms with Crippen molar-refractivity contribution < 1.29 is 0 Å². The van der Waals surface area contributed by atoms with Gasteiger partial charge in [0.15, 0.2) is 5.96 Å². The van der Waals surface area contributed by atoms with Crippen LogP contribution < -0.4 is 33.1 Å². The van der Waals surface area contributed by atoms with Gasteiger partial charge in [0, 0.05) is 10.8 Å². The second kappa shape index (κ2) is 14.0. The third kappa shape index (κ3) is 6.84. The molecule has 0 aliphatic heterocycles. The Morgan fingerprint density at radius 2 is 1.02 bits per heavy atom. The van der Waals surface area contributed by atoms with E-state index in [0.717, 1.165) is 25.4 Å². The number of hydrogen-bond acceptors (Lipinski definition) is 1. The smallest absolute Gasteiger partial charge is 0.218 e. The normalized spacial score (nSPS) is 13.7. The zero-order chi connectivity index (χ0) is 30.9. The van der Waals surface area contributed by atoms with Crippen LogP contribution in [-0.2, 0) is 10.8 Å². The molecule has 0 aromatic heterocycles. The summed E-state index contributed by atoms with van der Waals surface area (Å²) < 4.78 is 0. The van der Waals surface area contributed by atoms with Gasteiger partial charge in [0.1, 0.15) is 23.2 Å². The average Bonchev–Trinajstić information content (AvgIpc) is 3.05. The van der Waals surface area contributed by atoms with Crippen molar-refractivity contribution in [2.45, 2.75) is 57.8 Å². The molecule has 43 heavy (non-hydrogen) atoms. The Bertz CT molecular complexity index is 1400. The Morgan fingerprint density at radius 1 is 0.605 bits per heavy atom. The summed E-state index contributed by atoms with van der Waals surface area (Å²) in [7, 11) is -2.01. The molecule has 0 radical (unpaired) electrons. The van der Waals surface area contributed by atoms with Gasteiger partial charge in [-0.05, 0) is 66.8 Å². The summed E-state index contributed by atoms with van der Waals surface area (Å²) in [5, 5.41) is 4.24. The van der Waals surface area contributed by atoms with E-state index in [1.165, 1.54) is 27.0 Å². The largest absolute Gasteiger partial charge is 0.370 e. The highest BCUT2D eigenvalue weighted by atomic mass is 31.2. The van der Waals surface area contributed by atoms with Crippen molar-refractivity contribution in [2.75, 3.05) is 12.7 Å². The molecule has 5 nitrogen and oxygen atoms in total. The summed E-state index contributed by atoms with van der Waals surface area (Å²) in [5.41, 5.74) is 19.4. The molecule has 1 atom stereocenters. The molecule has 0 amide bonds. The molecule has 0 aliphatic rings. The topological polar surface area (TPSA) is 103 Å². The summed E-state index contributed by atoms with van der Waals surface area (Å²) in [6.07, 6.45) is 3.90. The predicted octanol–water partition coefficient (Wildman–Crippen LogP) is 5.99. The van der Waals surface area contributed by atoms with Crippen molar-refractivity contribution in [1.82, 2.24) is 0 Å². The van der Waals surface area contributed by atoms with Crippen LogP contribution in [0.5, 0.6) is 0 Å². The Labute approximate surface area is 258 Å². The van der Waals surface area contributed by atoms with Crippen LogP contribution in [0.15, 0.2) is 125 Å². The van der Waals surface area contributed by atoms with Gasteiger partial charge in [0.05, 0.1) is 12.7 Å². The molecule has 0 saturated heterocycles. The molecule has 4 aromatic rings. The molecule has 4 aromatic carbocycles. The molecule has 0 bridgehead atoms. The van der Waals surface area contributed by atoms with Crippen LogP contribution in [-0.4, -0.2) is 24.6 Å². The third-order valence-electron chi connectivity index (χ3n) is 9.29. The van der Waals surface area contributed by atoms with Crippen molar-refractivity contribution >= 4 is 35.1 Å². The lowest BCUT2D eigenvalue weighted by atomic mass is 9.74. The van der Waals surface area contributed by atoms with Crippen LogP contribution >= 0.6 is 7.26 Å². The Hall–Kier alpha value is -3.95. The molecule has 4 rings (SSSR count). The molecular formula is C37H47N5P+. The van der Waals surface area contributed by atoms with E-state index in [1.54, 1.807) is 0 Å². The highest BCUT2D eigenvalue weighted by Crippen LogP contribution is 2.59. The van der Waals surface area contributed by atoms with Gasteiger partial charge in [0.25, 0.3) is 0 Å². The molecule has 6 N–H and O–H groups in total. The highest BCUT2D eigenvalue weighted by molar-refractivity contribution is 7.95. The van der Waals surface area contributed by atoms with Gasteiger partial charge in [0.2, 0.25) is 5.96 Å². The van der Waals surface area contributed by atoms with E-state index in [0.29, 0.717) is 6.54 Å². The van der Waals surface area contributed by atoms with Crippen LogP contribution in [0.2, 0.25) is 0 Å². The zero-order valence-electron chi connectivity index (χ0n) is 26.1. The molecule has 0 spiro atoms. The lowest BCUT2D eigenvalue weighted by molar-refractivity contribution is 0.407. The molecule has 6 heteroatoms. The van der Waals surface area contributed by atoms with E-state index in [1.807, 2.05) is 0 Å². The summed E-state index contributed by atoms with van der Waals surface area (Å²) in [6, 6.07) is 42.8. The van der Waals surface area contributed by atoms with E-state index in [2.05, 4.69) is 153 Å². The van der Waals surface area contributed by atoms with Gasteiger partial charge < -0.3 is 17.2 Å². The van der Waals surface area contributed by atoms with E-state index in [4.69, 9.17) is 17.2 Å². The average molecular weight is 593 g/mol. The molecule has 0 unspecified atom stereocenters. The number of aliphatic imine (C=N–C) groups is 2. The van der Waals surface area contributed by atoms with Gasteiger partial charge in [-0.2, -0.15) is 4.99 Å². The SMILES string of the molecule is CCC(CC)(CN=C(N)N=C(N)N)c1ccc([C@@](C)(CC)C[P+](c2ccccc2)(c2ccccc2)c2ccccc2)cc1. The maximum absolute atomic E-state index is 5.98. The number of rotatable bonds is 12. The van der Waals surface area contributed by atoms with Gasteiger partial charge >= 0.3 is 0 Å². The second-order valence-corrected chi connectivity index (χ2v) is 15.1. The molecule has 0 saturated carbocycles. The quantitative estimate of drug-likeness (QED) is 0.107. The Kier molecular flexibility index (Phi) is 10.4. The minimum atomic E-state index is -2.01. The number of guanidine groups is 2. The fourth-order valence-electron chi connectivity index (χ4n) is 6.30. The van der Waals surface area contributed by atoms with Crippen LogP contribution in [0.25, 0.3) is 0 Å². The highest BCUT2D eigenvalue weighted by Gasteiger charge is 2.50. The number of nitrogens with zero attached hydrogens (tertiary/aromatic N) is 2. The number of benzene rings is 4. The lowest BCUT2D eigenvalue weighted by Crippen LogP contribution is -2.40. The van der Waals surface area contributed by atoms with Crippen LogP contribution in [0.4, 0.5) is 0 Å². The zero-order valence-corrected chi connectivity index (χ0v) is 27.0. The molecular weight excluding hydrogens is 545 g/mol. The molecule has 224 valence electrons. The minimum Gasteiger partial charge on any atom is -0.370 e. The van der Waals surface area contributed by atoms with Gasteiger partial charge in [-0.15, -0.1) is 0 Å². The minimum absolute atomic E-state index is 0.0646. The maximum atomic E-state index is 5.98. The second-order valence-electron chi connectivity index (χ2n) is 11.7. The van der Waals surface area contributed by atoms with Gasteiger partial charge in [-0.3, -0.25) is 4.99 Å². The first-order valence-corrected chi connectivity index (χ1v) is 17.3. The summed E-state index contributed by atoms with van der Waals surface area (Å²) in [5.74, 6) is 0.0352. The predicted molar refractivity (Wildman–Crippen MR) is 189 cm³/mol. The van der Waals surface area contributed by atoms with Crippen LogP contribution in [0, 0.1) is 0 Å². The van der Waals surface area contributed by atoms with Gasteiger partial charge in [-0.1, -0.05) is 107 Å². The van der Waals surface area contributed by atoms with E-state index in [-0.39, 0.29) is 22.7 Å². The maximum Gasteiger partial charge on any atom is 0.218 e. The fourth-order valence-corrected chi connectivity index (χ4v) is 11.2. The van der Waals surface area contributed by atoms with Crippen molar-refractivity contribution in [3.63, 3.8) is 0 Å². The Morgan fingerprint density at radius 3 is 1.40 bits per heavy atom.